The average molecular weight is 215 g/mol. The van der Waals surface area contributed by atoms with Crippen LogP contribution in [0.1, 0.15) is 26.7 Å². The Hall–Kier alpha value is -0.350. The van der Waals surface area contributed by atoms with Gasteiger partial charge in [-0.05, 0) is 38.5 Å². The number of nitrogens with zero attached hydrogens (tertiary/aromatic N) is 1. The van der Waals surface area contributed by atoms with Crippen molar-refractivity contribution < 1.29 is 0 Å². The van der Waals surface area contributed by atoms with E-state index in [1.807, 2.05) is 0 Å². The van der Waals surface area contributed by atoms with Gasteiger partial charge in [0, 0.05) is 25.7 Å². The Kier molecular flexibility index (Phi) is 5.19. The molecule has 1 heterocycles. The summed E-state index contributed by atoms with van der Waals surface area (Å²) in [5.74, 6) is 0. The molecule has 14 heavy (non-hydrogen) atoms. The lowest BCUT2D eigenvalue weighted by Crippen LogP contribution is -2.43. The van der Waals surface area contributed by atoms with Crippen LogP contribution in [0.3, 0.4) is 0 Å². The zero-order chi connectivity index (χ0) is 10.4. The van der Waals surface area contributed by atoms with Gasteiger partial charge in [-0.25, -0.2) is 0 Å². The second-order valence-electron chi connectivity index (χ2n) is 3.79. The Morgan fingerprint density at radius 2 is 2.29 bits per heavy atom. The second kappa shape index (κ2) is 6.19. The molecule has 1 rings (SSSR count). The zero-order valence-corrected chi connectivity index (χ0v) is 9.99. The molecule has 1 aliphatic heterocycles. The number of hydrogen-bond acceptors (Lipinski definition) is 2. The first-order valence-corrected chi connectivity index (χ1v) is 5.93. The molecule has 0 bridgehead atoms. The predicted molar refractivity (Wildman–Crippen MR) is 64.5 cm³/mol. The molecule has 0 spiro atoms. The summed E-state index contributed by atoms with van der Waals surface area (Å²) in [7, 11) is 0. The number of rotatable bonds is 4. The third-order valence-electron chi connectivity index (χ3n) is 2.48. The predicted octanol–water partition coefficient (Wildman–Crippen LogP) is 0.955. The topological polar surface area (TPSA) is 27.3 Å². The van der Waals surface area contributed by atoms with Gasteiger partial charge in [0.05, 0.1) is 0 Å². The van der Waals surface area contributed by atoms with Crippen LogP contribution in [0.4, 0.5) is 0 Å². The van der Waals surface area contributed by atoms with E-state index in [4.69, 9.17) is 12.2 Å². The molecule has 0 aromatic rings. The van der Waals surface area contributed by atoms with Gasteiger partial charge in [0.15, 0.2) is 5.11 Å². The van der Waals surface area contributed by atoms with E-state index < -0.39 is 0 Å². The third-order valence-corrected chi connectivity index (χ3v) is 2.75. The molecule has 1 saturated heterocycles. The Morgan fingerprint density at radius 3 is 2.93 bits per heavy atom. The minimum absolute atomic E-state index is 0.549. The van der Waals surface area contributed by atoms with Crippen LogP contribution in [-0.4, -0.2) is 42.2 Å². The quantitative estimate of drug-likeness (QED) is 0.683. The fourth-order valence-corrected chi connectivity index (χ4v) is 2.18. The van der Waals surface area contributed by atoms with Crippen molar-refractivity contribution in [2.24, 2.45) is 0 Å². The Morgan fingerprint density at radius 1 is 1.50 bits per heavy atom. The number of likely N-dealkylation sites (tertiary alicyclic amines) is 1. The van der Waals surface area contributed by atoms with E-state index in [9.17, 15) is 0 Å². The van der Waals surface area contributed by atoms with Gasteiger partial charge in [0.25, 0.3) is 0 Å². The first kappa shape index (κ1) is 11.7. The van der Waals surface area contributed by atoms with Gasteiger partial charge in [-0.1, -0.05) is 6.92 Å². The zero-order valence-electron chi connectivity index (χ0n) is 9.18. The van der Waals surface area contributed by atoms with Gasteiger partial charge in [-0.2, -0.15) is 0 Å². The lowest BCUT2D eigenvalue weighted by atomic mass is 10.3. The molecule has 0 saturated carbocycles. The smallest absolute Gasteiger partial charge is 0.166 e. The average Bonchev–Trinajstić information content (AvgIpc) is 2.53. The first-order valence-electron chi connectivity index (χ1n) is 5.53. The van der Waals surface area contributed by atoms with Crippen LogP contribution in [0.25, 0.3) is 0 Å². The van der Waals surface area contributed by atoms with Crippen molar-refractivity contribution >= 4 is 17.3 Å². The summed E-state index contributed by atoms with van der Waals surface area (Å²) < 4.78 is 0. The van der Waals surface area contributed by atoms with E-state index in [0.29, 0.717) is 6.04 Å². The summed E-state index contributed by atoms with van der Waals surface area (Å²) in [6.45, 7) is 8.75. The van der Waals surface area contributed by atoms with Crippen LogP contribution >= 0.6 is 12.2 Å². The van der Waals surface area contributed by atoms with Crippen molar-refractivity contribution in [3.63, 3.8) is 0 Å². The second-order valence-corrected chi connectivity index (χ2v) is 4.20. The SMILES string of the molecule is CCCN1CC[C@@H](NC(=S)NCC)C1. The van der Waals surface area contributed by atoms with E-state index in [1.165, 1.54) is 25.9 Å². The molecule has 1 atom stereocenters. The van der Waals surface area contributed by atoms with Crippen LogP contribution in [-0.2, 0) is 0 Å². The van der Waals surface area contributed by atoms with Crippen LogP contribution in [0.2, 0.25) is 0 Å². The fourth-order valence-electron chi connectivity index (χ4n) is 1.87. The van der Waals surface area contributed by atoms with E-state index in [1.54, 1.807) is 0 Å². The molecule has 2 N–H and O–H groups in total. The van der Waals surface area contributed by atoms with Crippen LogP contribution in [0, 0.1) is 0 Å². The highest BCUT2D eigenvalue weighted by atomic mass is 32.1. The molecule has 1 aliphatic rings. The summed E-state index contributed by atoms with van der Waals surface area (Å²) >= 11 is 5.15. The highest BCUT2D eigenvalue weighted by Gasteiger charge is 2.21. The van der Waals surface area contributed by atoms with Crippen LogP contribution < -0.4 is 10.6 Å². The number of thiocarbonyl (C=S) groups is 1. The lowest BCUT2D eigenvalue weighted by Gasteiger charge is -2.17. The highest BCUT2D eigenvalue weighted by molar-refractivity contribution is 7.80. The third kappa shape index (κ3) is 3.80. The van der Waals surface area contributed by atoms with E-state index >= 15 is 0 Å². The van der Waals surface area contributed by atoms with Gasteiger partial charge in [0.2, 0.25) is 0 Å². The molecular formula is C10H21N3S. The van der Waals surface area contributed by atoms with Crippen molar-refractivity contribution in [2.45, 2.75) is 32.7 Å². The summed E-state index contributed by atoms with van der Waals surface area (Å²) in [5, 5.41) is 7.27. The Labute approximate surface area is 92.2 Å². The minimum atomic E-state index is 0.549. The van der Waals surface area contributed by atoms with Gasteiger partial charge < -0.3 is 15.5 Å². The summed E-state index contributed by atoms with van der Waals surface area (Å²) in [6, 6.07) is 0.549. The highest BCUT2D eigenvalue weighted by Crippen LogP contribution is 2.08. The fraction of sp³-hybridized carbons (Fsp3) is 0.900. The van der Waals surface area contributed by atoms with Gasteiger partial charge in [0.1, 0.15) is 0 Å². The molecule has 0 aromatic carbocycles. The van der Waals surface area contributed by atoms with Gasteiger partial charge in [-0.15, -0.1) is 0 Å². The van der Waals surface area contributed by atoms with Crippen molar-refractivity contribution in [3.8, 4) is 0 Å². The molecule has 0 unspecified atom stereocenters. The maximum atomic E-state index is 5.15. The van der Waals surface area contributed by atoms with Crippen molar-refractivity contribution in [2.75, 3.05) is 26.2 Å². The largest absolute Gasteiger partial charge is 0.363 e. The molecule has 0 radical (unpaired) electrons. The molecular weight excluding hydrogens is 194 g/mol. The van der Waals surface area contributed by atoms with Gasteiger partial charge >= 0.3 is 0 Å². The molecule has 0 aliphatic carbocycles. The summed E-state index contributed by atoms with van der Waals surface area (Å²) in [5.41, 5.74) is 0. The maximum Gasteiger partial charge on any atom is 0.166 e. The van der Waals surface area contributed by atoms with E-state index in [-0.39, 0.29) is 0 Å². The minimum Gasteiger partial charge on any atom is -0.363 e. The van der Waals surface area contributed by atoms with Crippen molar-refractivity contribution in [1.82, 2.24) is 15.5 Å². The molecule has 82 valence electrons. The van der Waals surface area contributed by atoms with E-state index in [2.05, 4.69) is 29.4 Å². The summed E-state index contributed by atoms with van der Waals surface area (Å²) in [4.78, 5) is 2.49. The van der Waals surface area contributed by atoms with Gasteiger partial charge in [-0.3, -0.25) is 0 Å². The normalized spacial score (nSPS) is 22.3. The molecule has 1 fully saturated rings. The summed E-state index contributed by atoms with van der Waals surface area (Å²) in [6.07, 6.45) is 2.45. The van der Waals surface area contributed by atoms with Crippen LogP contribution in [0.15, 0.2) is 0 Å². The standard InChI is InChI=1S/C10H21N3S/c1-3-6-13-7-5-9(8-13)12-10(14)11-4-2/h9H,3-8H2,1-2H3,(H2,11,12,14)/t9-/m1/s1. The molecule has 0 aromatic heterocycles. The lowest BCUT2D eigenvalue weighted by molar-refractivity contribution is 0.332. The molecule has 4 heteroatoms. The molecule has 0 amide bonds. The maximum absolute atomic E-state index is 5.15. The van der Waals surface area contributed by atoms with Crippen molar-refractivity contribution in [1.29, 1.82) is 0 Å². The monoisotopic (exact) mass is 215 g/mol. The van der Waals surface area contributed by atoms with Crippen molar-refractivity contribution in [3.05, 3.63) is 0 Å². The van der Waals surface area contributed by atoms with Crippen LogP contribution in [0.5, 0.6) is 0 Å². The molecule has 3 nitrogen and oxygen atoms in total. The van der Waals surface area contributed by atoms with E-state index in [0.717, 1.165) is 18.2 Å². The Balaban J connectivity index is 2.18. The number of nitrogens with one attached hydrogen (secondary N) is 2. The first-order chi connectivity index (χ1) is 6.76. The Bertz CT molecular complexity index is 184. The number of hydrogen-bond donors (Lipinski definition) is 2.